The SMILES string of the molecule is CCN(CC(N)=S)S(=O)(=O)CS(C)(=O)=O. The smallest absolute Gasteiger partial charge is 0.228 e. The van der Waals surface area contributed by atoms with E-state index in [4.69, 9.17) is 5.73 Å². The molecule has 0 amide bonds. The van der Waals surface area contributed by atoms with Crippen molar-refractivity contribution in [1.29, 1.82) is 0 Å². The van der Waals surface area contributed by atoms with E-state index in [1.807, 2.05) is 0 Å². The van der Waals surface area contributed by atoms with Crippen LogP contribution in [0.3, 0.4) is 0 Å². The summed E-state index contributed by atoms with van der Waals surface area (Å²) in [6.07, 6.45) is 0.860. The van der Waals surface area contributed by atoms with Crippen LogP contribution < -0.4 is 5.73 Å². The zero-order valence-corrected chi connectivity index (χ0v) is 11.0. The Hall–Kier alpha value is -0.250. The van der Waals surface area contributed by atoms with Gasteiger partial charge in [-0.1, -0.05) is 19.1 Å². The monoisotopic (exact) mass is 274 g/mol. The van der Waals surface area contributed by atoms with Crippen LogP contribution in [0, 0.1) is 0 Å². The molecule has 2 N–H and O–H groups in total. The maximum Gasteiger partial charge on any atom is 0.228 e. The maximum atomic E-state index is 11.5. The lowest BCUT2D eigenvalue weighted by Crippen LogP contribution is -2.40. The number of rotatable bonds is 6. The van der Waals surface area contributed by atoms with Gasteiger partial charge in [-0.05, 0) is 0 Å². The van der Waals surface area contributed by atoms with Gasteiger partial charge in [0, 0.05) is 12.8 Å². The first-order valence-corrected chi connectivity index (χ1v) is 8.10. The first-order valence-electron chi connectivity index (χ1n) is 4.02. The van der Waals surface area contributed by atoms with Gasteiger partial charge in [-0.15, -0.1) is 0 Å². The number of nitrogens with two attached hydrogens (primary N) is 1. The first-order chi connectivity index (χ1) is 6.58. The topological polar surface area (TPSA) is 97.5 Å². The summed E-state index contributed by atoms with van der Waals surface area (Å²) in [6.45, 7) is 1.58. The van der Waals surface area contributed by atoms with Gasteiger partial charge in [0.15, 0.2) is 14.9 Å². The zero-order valence-electron chi connectivity index (χ0n) is 8.50. The fourth-order valence-electron chi connectivity index (χ4n) is 0.926. The summed E-state index contributed by atoms with van der Waals surface area (Å²) < 4.78 is 45.8. The average Bonchev–Trinajstić information content (AvgIpc) is 1.94. The molecule has 0 saturated heterocycles. The number of hydrogen-bond donors (Lipinski definition) is 1. The number of sulfone groups is 1. The second kappa shape index (κ2) is 5.19. The van der Waals surface area contributed by atoms with E-state index in [1.54, 1.807) is 6.92 Å². The molecule has 0 rings (SSSR count). The Morgan fingerprint density at radius 1 is 1.33 bits per heavy atom. The van der Waals surface area contributed by atoms with Gasteiger partial charge in [-0.3, -0.25) is 0 Å². The van der Waals surface area contributed by atoms with Crippen LogP contribution in [0.2, 0.25) is 0 Å². The Morgan fingerprint density at radius 3 is 2.07 bits per heavy atom. The summed E-state index contributed by atoms with van der Waals surface area (Å²) in [4.78, 5) is 0.00826. The molecule has 0 radical (unpaired) electrons. The predicted molar refractivity (Wildman–Crippen MR) is 62.7 cm³/mol. The molecule has 0 aliphatic heterocycles. The van der Waals surface area contributed by atoms with Crippen LogP contribution in [0.1, 0.15) is 6.92 Å². The number of hydrogen-bond acceptors (Lipinski definition) is 5. The van der Waals surface area contributed by atoms with E-state index in [1.165, 1.54) is 0 Å². The van der Waals surface area contributed by atoms with Crippen molar-refractivity contribution in [3.8, 4) is 0 Å². The summed E-state index contributed by atoms with van der Waals surface area (Å²) in [6, 6.07) is 0. The lowest BCUT2D eigenvalue weighted by molar-refractivity contribution is 0.471. The Morgan fingerprint density at radius 2 is 1.80 bits per heavy atom. The molecule has 0 aliphatic rings. The van der Waals surface area contributed by atoms with Gasteiger partial charge < -0.3 is 5.73 Å². The van der Waals surface area contributed by atoms with Gasteiger partial charge in [-0.2, -0.15) is 4.31 Å². The Kier molecular flexibility index (Phi) is 5.10. The standard InChI is InChI=1S/C6H14N2O4S3/c1-3-8(4-6(7)13)15(11,12)5-14(2,9)10/h3-5H2,1-2H3,(H2,7,13). The summed E-state index contributed by atoms with van der Waals surface area (Å²) in [7, 11) is -7.43. The van der Waals surface area contributed by atoms with E-state index in [9.17, 15) is 16.8 Å². The van der Waals surface area contributed by atoms with Crippen LogP contribution in [-0.4, -0.2) is 50.6 Å². The summed E-state index contributed by atoms with van der Waals surface area (Å²) in [5.41, 5.74) is 5.21. The molecule has 0 spiro atoms. The molecule has 0 bridgehead atoms. The number of nitrogens with zero attached hydrogens (tertiary/aromatic N) is 1. The van der Waals surface area contributed by atoms with Gasteiger partial charge >= 0.3 is 0 Å². The minimum Gasteiger partial charge on any atom is -0.392 e. The van der Waals surface area contributed by atoms with Crippen molar-refractivity contribution < 1.29 is 16.8 Å². The van der Waals surface area contributed by atoms with Gasteiger partial charge in [0.2, 0.25) is 10.0 Å². The molecule has 0 aromatic rings. The minimum absolute atomic E-state index is 0.00826. The van der Waals surface area contributed by atoms with E-state index in [0.717, 1.165) is 10.6 Å². The molecule has 0 aromatic heterocycles. The first kappa shape index (κ1) is 14.8. The molecule has 6 nitrogen and oxygen atoms in total. The second-order valence-electron chi connectivity index (χ2n) is 3.05. The van der Waals surface area contributed by atoms with Crippen molar-refractivity contribution >= 4 is 37.1 Å². The fraction of sp³-hybridized carbons (Fsp3) is 0.833. The van der Waals surface area contributed by atoms with Crippen molar-refractivity contribution in [2.24, 2.45) is 5.73 Å². The van der Waals surface area contributed by atoms with Crippen LogP contribution in [0.4, 0.5) is 0 Å². The summed E-state index contributed by atoms with van der Waals surface area (Å²) >= 11 is 4.57. The maximum absolute atomic E-state index is 11.5. The average molecular weight is 274 g/mol. The number of likely N-dealkylation sites (N-methyl/N-ethyl adjacent to an activating group) is 1. The molecule has 15 heavy (non-hydrogen) atoms. The molecule has 9 heteroatoms. The zero-order chi connectivity index (χ0) is 12.3. The quantitative estimate of drug-likeness (QED) is 0.619. The Balaban J connectivity index is 4.91. The van der Waals surface area contributed by atoms with E-state index in [-0.39, 0.29) is 18.1 Å². The fourth-order valence-corrected chi connectivity index (χ4v) is 4.65. The number of sulfonamides is 1. The molecule has 0 aromatic carbocycles. The summed E-state index contributed by atoms with van der Waals surface area (Å²) in [5, 5.41) is -0.920. The van der Waals surface area contributed by atoms with Gasteiger partial charge in [0.25, 0.3) is 0 Å². The third kappa shape index (κ3) is 6.03. The lowest BCUT2D eigenvalue weighted by Gasteiger charge is -2.18. The van der Waals surface area contributed by atoms with E-state index in [2.05, 4.69) is 12.2 Å². The van der Waals surface area contributed by atoms with Crippen LogP contribution in [0.5, 0.6) is 0 Å². The molecule has 0 fully saturated rings. The van der Waals surface area contributed by atoms with Crippen molar-refractivity contribution in [2.75, 3.05) is 24.4 Å². The number of thiocarbonyl (C=S) groups is 1. The third-order valence-electron chi connectivity index (χ3n) is 1.44. The van der Waals surface area contributed by atoms with Crippen molar-refractivity contribution in [3.63, 3.8) is 0 Å². The molecule has 0 heterocycles. The summed E-state index contributed by atoms with van der Waals surface area (Å²) in [5.74, 6) is 0. The second-order valence-corrected chi connectivity index (χ2v) is 8.05. The van der Waals surface area contributed by atoms with Crippen LogP contribution in [0.15, 0.2) is 0 Å². The highest BCUT2D eigenvalue weighted by Crippen LogP contribution is 2.04. The van der Waals surface area contributed by atoms with Crippen molar-refractivity contribution in [3.05, 3.63) is 0 Å². The predicted octanol–water partition coefficient (Wildman–Crippen LogP) is -1.07. The molecule has 0 unspecified atom stereocenters. The van der Waals surface area contributed by atoms with Gasteiger partial charge in [0.1, 0.15) is 0 Å². The Labute approximate surface area is 95.4 Å². The lowest BCUT2D eigenvalue weighted by atomic mass is 10.6. The van der Waals surface area contributed by atoms with Crippen molar-refractivity contribution in [2.45, 2.75) is 6.92 Å². The van der Waals surface area contributed by atoms with E-state index >= 15 is 0 Å². The minimum atomic E-state index is -3.85. The largest absolute Gasteiger partial charge is 0.392 e. The van der Waals surface area contributed by atoms with Gasteiger partial charge in [0.05, 0.1) is 11.5 Å². The van der Waals surface area contributed by atoms with Crippen molar-refractivity contribution in [1.82, 2.24) is 4.31 Å². The molecular weight excluding hydrogens is 260 g/mol. The van der Waals surface area contributed by atoms with Crippen LogP contribution in [-0.2, 0) is 19.9 Å². The third-order valence-corrected chi connectivity index (χ3v) is 5.65. The Bertz CT molecular complexity index is 425. The molecule has 90 valence electrons. The molecule has 0 atom stereocenters. The van der Waals surface area contributed by atoms with E-state index in [0.29, 0.717) is 0 Å². The normalized spacial score (nSPS) is 13.0. The van der Waals surface area contributed by atoms with Gasteiger partial charge in [-0.25, -0.2) is 16.8 Å². The van der Waals surface area contributed by atoms with Crippen LogP contribution >= 0.6 is 12.2 Å². The highest BCUT2D eigenvalue weighted by molar-refractivity contribution is 8.06. The molecular formula is C6H14N2O4S3. The highest BCUT2D eigenvalue weighted by Gasteiger charge is 2.25. The van der Waals surface area contributed by atoms with E-state index < -0.39 is 24.9 Å². The van der Waals surface area contributed by atoms with Crippen LogP contribution in [0.25, 0.3) is 0 Å². The molecule has 0 aliphatic carbocycles. The molecule has 0 saturated carbocycles. The highest BCUT2D eigenvalue weighted by atomic mass is 32.3.